The van der Waals surface area contributed by atoms with E-state index in [1.54, 1.807) is 0 Å². The number of anilines is 1. The summed E-state index contributed by atoms with van der Waals surface area (Å²) < 4.78 is 22.8. The van der Waals surface area contributed by atoms with Crippen LogP contribution in [0.15, 0.2) is 42.5 Å². The van der Waals surface area contributed by atoms with E-state index >= 15 is 0 Å². The highest BCUT2D eigenvalue weighted by molar-refractivity contribution is 7.91. The number of benzene rings is 2. The predicted molar refractivity (Wildman–Crippen MR) is 87.6 cm³/mol. The van der Waals surface area contributed by atoms with Crippen molar-refractivity contribution in [1.29, 1.82) is 0 Å². The van der Waals surface area contributed by atoms with Crippen molar-refractivity contribution in [3.63, 3.8) is 0 Å². The molecule has 1 unspecified atom stereocenters. The first-order valence-corrected chi connectivity index (χ1v) is 9.07. The van der Waals surface area contributed by atoms with Gasteiger partial charge in [-0.2, -0.15) is 0 Å². The number of fused-ring (bicyclic) bond motifs is 1. The van der Waals surface area contributed by atoms with Gasteiger partial charge in [0.2, 0.25) is 5.91 Å². The van der Waals surface area contributed by atoms with Gasteiger partial charge in [-0.1, -0.05) is 36.4 Å². The van der Waals surface area contributed by atoms with Crippen molar-refractivity contribution in [3.8, 4) is 0 Å². The maximum Gasteiger partial charge on any atom is 0.239 e. The molecule has 1 heterocycles. The molecule has 116 valence electrons. The fraction of sp³-hybridized carbons (Fsp3) is 0.312. The topological polar surface area (TPSA) is 75.3 Å². The smallest absolute Gasteiger partial charge is 0.239 e. The van der Waals surface area contributed by atoms with E-state index < -0.39 is 9.84 Å². The van der Waals surface area contributed by atoms with Gasteiger partial charge in [0.25, 0.3) is 0 Å². The van der Waals surface area contributed by atoms with Crippen LogP contribution in [0.5, 0.6) is 0 Å². The van der Waals surface area contributed by atoms with Crippen molar-refractivity contribution in [2.24, 2.45) is 0 Å². The lowest BCUT2D eigenvalue weighted by molar-refractivity contribution is -0.119. The lowest BCUT2D eigenvalue weighted by Crippen LogP contribution is -2.39. The third-order valence-electron chi connectivity index (χ3n) is 3.83. The molecule has 6 heteroatoms. The van der Waals surface area contributed by atoms with E-state index in [0.29, 0.717) is 6.42 Å². The molecule has 22 heavy (non-hydrogen) atoms. The molecule has 0 saturated carbocycles. The van der Waals surface area contributed by atoms with Gasteiger partial charge in [-0.15, -0.1) is 0 Å². The molecule has 1 amide bonds. The molecule has 2 aromatic carbocycles. The van der Waals surface area contributed by atoms with Crippen molar-refractivity contribution >= 4 is 32.2 Å². The van der Waals surface area contributed by atoms with Gasteiger partial charge in [-0.3, -0.25) is 4.79 Å². The standard InChI is InChI=1S/C16H18N2O3S/c19-16(18-13-8-9-22(20,21)11-13)10-17-15-7-3-5-12-4-1-2-6-14(12)15/h1-7,13,17H,8-11H2,(H,18,19). The van der Waals surface area contributed by atoms with Crippen molar-refractivity contribution < 1.29 is 13.2 Å². The van der Waals surface area contributed by atoms with E-state index in [9.17, 15) is 13.2 Å². The average Bonchev–Trinajstić information content (AvgIpc) is 2.84. The first-order valence-electron chi connectivity index (χ1n) is 7.25. The van der Waals surface area contributed by atoms with E-state index in [0.717, 1.165) is 16.5 Å². The second kappa shape index (κ2) is 5.96. The van der Waals surface area contributed by atoms with Gasteiger partial charge in [-0.25, -0.2) is 8.42 Å². The summed E-state index contributed by atoms with van der Waals surface area (Å²) in [6, 6.07) is 13.6. The van der Waals surface area contributed by atoms with Gasteiger partial charge in [0.1, 0.15) is 0 Å². The molecule has 1 atom stereocenters. The molecule has 0 aliphatic carbocycles. The van der Waals surface area contributed by atoms with E-state index in [1.807, 2.05) is 42.5 Å². The van der Waals surface area contributed by atoms with Crippen molar-refractivity contribution in [3.05, 3.63) is 42.5 Å². The summed E-state index contributed by atoms with van der Waals surface area (Å²) in [5, 5.41) is 8.06. The summed E-state index contributed by atoms with van der Waals surface area (Å²) >= 11 is 0. The molecule has 5 nitrogen and oxygen atoms in total. The summed E-state index contributed by atoms with van der Waals surface area (Å²) in [4.78, 5) is 12.0. The zero-order valence-corrected chi connectivity index (χ0v) is 12.9. The highest BCUT2D eigenvalue weighted by atomic mass is 32.2. The number of hydrogen-bond acceptors (Lipinski definition) is 4. The predicted octanol–water partition coefficient (Wildman–Crippen LogP) is 1.56. The fourth-order valence-corrected chi connectivity index (χ4v) is 4.42. The number of carbonyl (C=O) groups is 1. The molecule has 1 aliphatic heterocycles. The van der Waals surface area contributed by atoms with Crippen LogP contribution in [-0.4, -0.2) is 38.4 Å². The molecule has 0 radical (unpaired) electrons. The second-order valence-electron chi connectivity index (χ2n) is 5.55. The maximum absolute atomic E-state index is 12.0. The van der Waals surface area contributed by atoms with Crippen LogP contribution in [0, 0.1) is 0 Å². The van der Waals surface area contributed by atoms with E-state index in [1.165, 1.54) is 0 Å². The third-order valence-corrected chi connectivity index (χ3v) is 5.59. The van der Waals surface area contributed by atoms with Gasteiger partial charge in [0.15, 0.2) is 9.84 Å². The van der Waals surface area contributed by atoms with Crippen LogP contribution >= 0.6 is 0 Å². The average molecular weight is 318 g/mol. The van der Waals surface area contributed by atoms with Gasteiger partial charge in [0.05, 0.1) is 18.1 Å². The number of amides is 1. The Bertz CT molecular complexity index is 797. The van der Waals surface area contributed by atoms with Crippen LogP contribution in [0.4, 0.5) is 5.69 Å². The minimum absolute atomic E-state index is 0.0486. The molecule has 1 fully saturated rings. The zero-order valence-electron chi connectivity index (χ0n) is 12.1. The minimum atomic E-state index is -2.97. The minimum Gasteiger partial charge on any atom is -0.376 e. The van der Waals surface area contributed by atoms with Crippen LogP contribution in [0.3, 0.4) is 0 Å². The lowest BCUT2D eigenvalue weighted by atomic mass is 10.1. The Morgan fingerprint density at radius 3 is 2.68 bits per heavy atom. The van der Waals surface area contributed by atoms with Gasteiger partial charge in [0, 0.05) is 17.1 Å². The molecule has 0 spiro atoms. The normalized spacial score (nSPS) is 19.9. The molecule has 2 N–H and O–H groups in total. The fourth-order valence-electron chi connectivity index (χ4n) is 2.74. The summed E-state index contributed by atoms with van der Waals surface area (Å²) in [5.41, 5.74) is 0.896. The molecule has 1 aliphatic rings. The van der Waals surface area contributed by atoms with Crippen LogP contribution in [-0.2, 0) is 14.6 Å². The van der Waals surface area contributed by atoms with Gasteiger partial charge >= 0.3 is 0 Å². The largest absolute Gasteiger partial charge is 0.376 e. The molecule has 1 saturated heterocycles. The zero-order chi connectivity index (χ0) is 15.6. The summed E-state index contributed by atoms with van der Waals surface area (Å²) in [5.74, 6) is 0.0249. The molecule has 3 rings (SSSR count). The van der Waals surface area contributed by atoms with E-state index in [2.05, 4.69) is 10.6 Å². The first kappa shape index (κ1) is 14.8. The maximum atomic E-state index is 12.0. The van der Waals surface area contributed by atoms with Crippen LogP contribution < -0.4 is 10.6 Å². The third kappa shape index (κ3) is 3.39. The number of sulfone groups is 1. The molecule has 2 aromatic rings. The van der Waals surface area contributed by atoms with Crippen LogP contribution in [0.25, 0.3) is 10.8 Å². The van der Waals surface area contributed by atoms with Gasteiger partial charge < -0.3 is 10.6 Å². The lowest BCUT2D eigenvalue weighted by Gasteiger charge is -2.13. The Hall–Kier alpha value is -2.08. The summed E-state index contributed by atoms with van der Waals surface area (Å²) in [6.07, 6.45) is 0.502. The van der Waals surface area contributed by atoms with E-state index in [-0.39, 0.29) is 30.0 Å². The van der Waals surface area contributed by atoms with Crippen molar-refractivity contribution in [1.82, 2.24) is 5.32 Å². The number of rotatable bonds is 4. The number of carbonyl (C=O) groups excluding carboxylic acids is 1. The Kier molecular flexibility index (Phi) is 4.02. The van der Waals surface area contributed by atoms with Crippen molar-refractivity contribution in [2.75, 3.05) is 23.4 Å². The second-order valence-corrected chi connectivity index (χ2v) is 7.78. The first-order chi connectivity index (χ1) is 10.5. The van der Waals surface area contributed by atoms with Crippen LogP contribution in [0.2, 0.25) is 0 Å². The Morgan fingerprint density at radius 1 is 1.14 bits per heavy atom. The number of hydrogen-bond donors (Lipinski definition) is 2. The molecular formula is C16H18N2O3S. The molecule has 0 bridgehead atoms. The highest BCUT2D eigenvalue weighted by Gasteiger charge is 2.28. The molecule has 0 aromatic heterocycles. The molecular weight excluding hydrogens is 300 g/mol. The monoisotopic (exact) mass is 318 g/mol. The highest BCUT2D eigenvalue weighted by Crippen LogP contribution is 2.22. The van der Waals surface area contributed by atoms with E-state index in [4.69, 9.17) is 0 Å². The summed E-state index contributed by atoms with van der Waals surface area (Å²) in [6.45, 7) is 0.130. The SMILES string of the molecule is O=C(CNc1cccc2ccccc12)NC1CCS(=O)(=O)C1. The van der Waals surface area contributed by atoms with Crippen molar-refractivity contribution in [2.45, 2.75) is 12.5 Å². The Morgan fingerprint density at radius 2 is 1.91 bits per heavy atom. The quantitative estimate of drug-likeness (QED) is 0.897. The van der Waals surface area contributed by atoms with Crippen LogP contribution in [0.1, 0.15) is 6.42 Å². The Balaban J connectivity index is 1.61. The number of nitrogens with one attached hydrogen (secondary N) is 2. The Labute approximate surface area is 129 Å². The van der Waals surface area contributed by atoms with Gasteiger partial charge in [-0.05, 0) is 17.9 Å². The summed E-state index contributed by atoms with van der Waals surface area (Å²) in [7, 11) is -2.97.